The van der Waals surface area contributed by atoms with Gasteiger partial charge in [-0.2, -0.15) is 0 Å². The smallest absolute Gasteiger partial charge is 0.0511 e. The minimum Gasteiger partial charge on any atom is -0.326 e. The highest BCUT2D eigenvalue weighted by Crippen LogP contribution is 2.31. The normalized spacial score (nSPS) is 14.4. The van der Waals surface area contributed by atoms with Crippen LogP contribution in [0.1, 0.15) is 29.8 Å². The second kappa shape index (κ2) is 7.36. The molecule has 1 heterocycles. The number of hydrogen-bond donors (Lipinski definition) is 1. The molecule has 108 valence electrons. The third-order valence-corrected chi connectivity index (χ3v) is 5.14. The lowest BCUT2D eigenvalue weighted by Gasteiger charge is -2.33. The van der Waals surface area contributed by atoms with E-state index in [0.717, 1.165) is 17.4 Å². The molecule has 0 amide bonds. The second-order valence-electron chi connectivity index (χ2n) is 5.03. The summed E-state index contributed by atoms with van der Waals surface area (Å²) in [7, 11) is 2.15. The zero-order valence-corrected chi connectivity index (χ0v) is 14.3. The quantitative estimate of drug-likeness (QED) is 0.833. The first-order valence-corrected chi connectivity index (χ1v) is 8.53. The van der Waals surface area contributed by atoms with E-state index in [1.807, 2.05) is 6.07 Å². The van der Waals surface area contributed by atoms with Gasteiger partial charge < -0.3 is 5.73 Å². The SMILES string of the molecule is CCC(N)C(c1ccccc1Br)N(C)Cc1cccs1. The van der Waals surface area contributed by atoms with Crippen LogP contribution in [0.15, 0.2) is 46.3 Å². The zero-order chi connectivity index (χ0) is 14.5. The van der Waals surface area contributed by atoms with Crippen molar-refractivity contribution in [2.45, 2.75) is 32.0 Å². The van der Waals surface area contributed by atoms with Crippen molar-refractivity contribution >= 4 is 27.3 Å². The van der Waals surface area contributed by atoms with Crippen LogP contribution in [0, 0.1) is 0 Å². The minimum absolute atomic E-state index is 0.124. The maximum Gasteiger partial charge on any atom is 0.0511 e. The van der Waals surface area contributed by atoms with E-state index < -0.39 is 0 Å². The largest absolute Gasteiger partial charge is 0.326 e. The van der Waals surface area contributed by atoms with E-state index in [-0.39, 0.29) is 12.1 Å². The first kappa shape index (κ1) is 15.7. The van der Waals surface area contributed by atoms with E-state index in [0.29, 0.717) is 0 Å². The Balaban J connectivity index is 2.25. The summed E-state index contributed by atoms with van der Waals surface area (Å²) in [5.41, 5.74) is 7.65. The van der Waals surface area contributed by atoms with Crippen LogP contribution >= 0.6 is 27.3 Å². The van der Waals surface area contributed by atoms with Gasteiger partial charge in [-0.25, -0.2) is 0 Å². The lowest BCUT2D eigenvalue weighted by Crippen LogP contribution is -2.38. The van der Waals surface area contributed by atoms with Crippen LogP contribution in [0.2, 0.25) is 0 Å². The van der Waals surface area contributed by atoms with Gasteiger partial charge in [-0.05, 0) is 36.5 Å². The Morgan fingerprint density at radius 2 is 2.00 bits per heavy atom. The van der Waals surface area contributed by atoms with Crippen molar-refractivity contribution in [2.24, 2.45) is 5.73 Å². The molecule has 0 saturated heterocycles. The molecular formula is C16H21BrN2S. The van der Waals surface area contributed by atoms with Gasteiger partial charge in [0.15, 0.2) is 0 Å². The van der Waals surface area contributed by atoms with E-state index >= 15 is 0 Å². The minimum atomic E-state index is 0.124. The van der Waals surface area contributed by atoms with Crippen LogP contribution in [0.4, 0.5) is 0 Å². The van der Waals surface area contributed by atoms with E-state index in [4.69, 9.17) is 5.73 Å². The number of hydrogen-bond acceptors (Lipinski definition) is 3. The van der Waals surface area contributed by atoms with Crippen molar-refractivity contribution in [2.75, 3.05) is 7.05 Å². The van der Waals surface area contributed by atoms with Crippen LogP contribution in [0.5, 0.6) is 0 Å². The molecule has 2 nitrogen and oxygen atoms in total. The number of thiophene rings is 1. The van der Waals surface area contributed by atoms with Gasteiger partial charge in [-0.1, -0.05) is 47.1 Å². The van der Waals surface area contributed by atoms with Gasteiger partial charge in [0, 0.05) is 21.9 Å². The average molecular weight is 353 g/mol. The molecule has 4 heteroatoms. The van der Waals surface area contributed by atoms with Crippen molar-refractivity contribution in [3.8, 4) is 0 Å². The van der Waals surface area contributed by atoms with Crippen molar-refractivity contribution in [3.63, 3.8) is 0 Å². The second-order valence-corrected chi connectivity index (χ2v) is 6.92. The number of nitrogens with two attached hydrogens (primary N) is 1. The summed E-state index contributed by atoms with van der Waals surface area (Å²) < 4.78 is 1.13. The summed E-state index contributed by atoms with van der Waals surface area (Å²) in [4.78, 5) is 3.72. The van der Waals surface area contributed by atoms with Crippen molar-refractivity contribution < 1.29 is 0 Å². The number of benzene rings is 1. The summed E-state index contributed by atoms with van der Waals surface area (Å²) in [5.74, 6) is 0. The predicted octanol–water partition coefficient (Wildman–Crippen LogP) is 4.42. The summed E-state index contributed by atoms with van der Waals surface area (Å²) in [6.07, 6.45) is 0.959. The Morgan fingerprint density at radius 1 is 1.25 bits per heavy atom. The molecule has 20 heavy (non-hydrogen) atoms. The van der Waals surface area contributed by atoms with Crippen LogP contribution in [0.25, 0.3) is 0 Å². The van der Waals surface area contributed by atoms with E-state index in [9.17, 15) is 0 Å². The molecule has 0 saturated carbocycles. The highest BCUT2D eigenvalue weighted by atomic mass is 79.9. The maximum absolute atomic E-state index is 6.39. The molecule has 1 aromatic carbocycles. The van der Waals surface area contributed by atoms with Gasteiger partial charge in [0.25, 0.3) is 0 Å². The van der Waals surface area contributed by atoms with Gasteiger partial charge in [0.2, 0.25) is 0 Å². The standard InChI is InChI=1S/C16H21BrN2S/c1-3-15(18)16(13-8-4-5-9-14(13)17)19(2)11-12-7-6-10-20-12/h4-10,15-16H,3,11,18H2,1-2H3. The lowest BCUT2D eigenvalue weighted by atomic mass is 9.96. The van der Waals surface area contributed by atoms with E-state index in [1.165, 1.54) is 10.4 Å². The van der Waals surface area contributed by atoms with Crippen molar-refractivity contribution in [3.05, 3.63) is 56.7 Å². The highest BCUT2D eigenvalue weighted by molar-refractivity contribution is 9.10. The lowest BCUT2D eigenvalue weighted by molar-refractivity contribution is 0.202. The van der Waals surface area contributed by atoms with Gasteiger partial charge in [-0.3, -0.25) is 4.90 Å². The Labute approximate surface area is 133 Å². The fraction of sp³-hybridized carbons (Fsp3) is 0.375. The van der Waals surface area contributed by atoms with Gasteiger partial charge >= 0.3 is 0 Å². The molecule has 0 spiro atoms. The third-order valence-electron chi connectivity index (χ3n) is 3.56. The molecule has 2 rings (SSSR count). The molecule has 1 aromatic heterocycles. The number of halogens is 1. The van der Waals surface area contributed by atoms with Crippen LogP contribution < -0.4 is 5.73 Å². The number of nitrogens with zero attached hydrogens (tertiary/aromatic N) is 1. The molecule has 0 bridgehead atoms. The monoisotopic (exact) mass is 352 g/mol. The summed E-state index contributed by atoms with van der Waals surface area (Å²) in [6, 6.07) is 13.0. The van der Waals surface area contributed by atoms with Crippen LogP contribution in [0.3, 0.4) is 0 Å². The van der Waals surface area contributed by atoms with Crippen LogP contribution in [-0.2, 0) is 6.54 Å². The van der Waals surface area contributed by atoms with Crippen molar-refractivity contribution in [1.82, 2.24) is 4.90 Å². The number of rotatable bonds is 6. The predicted molar refractivity (Wildman–Crippen MR) is 90.9 cm³/mol. The molecule has 0 aliphatic carbocycles. The summed E-state index contributed by atoms with van der Waals surface area (Å²) in [5, 5.41) is 2.12. The summed E-state index contributed by atoms with van der Waals surface area (Å²) in [6.45, 7) is 3.07. The molecule has 0 fully saturated rings. The van der Waals surface area contributed by atoms with E-state index in [2.05, 4.69) is 70.5 Å². The van der Waals surface area contributed by atoms with Crippen molar-refractivity contribution in [1.29, 1.82) is 0 Å². The molecule has 2 unspecified atom stereocenters. The van der Waals surface area contributed by atoms with Crippen LogP contribution in [-0.4, -0.2) is 18.0 Å². The van der Waals surface area contributed by atoms with Gasteiger partial charge in [-0.15, -0.1) is 11.3 Å². The molecule has 0 aliphatic heterocycles. The fourth-order valence-electron chi connectivity index (χ4n) is 2.48. The molecule has 2 atom stereocenters. The average Bonchev–Trinajstić information content (AvgIpc) is 2.93. The Bertz CT molecular complexity index is 527. The molecule has 2 aromatic rings. The van der Waals surface area contributed by atoms with E-state index in [1.54, 1.807) is 11.3 Å². The van der Waals surface area contributed by atoms with Gasteiger partial charge in [0.05, 0.1) is 6.04 Å². The first-order valence-electron chi connectivity index (χ1n) is 6.86. The molecule has 2 N–H and O–H groups in total. The Kier molecular flexibility index (Phi) is 5.78. The Morgan fingerprint density at radius 3 is 2.60 bits per heavy atom. The third kappa shape index (κ3) is 3.70. The molecular weight excluding hydrogens is 332 g/mol. The summed E-state index contributed by atoms with van der Waals surface area (Å²) >= 11 is 5.45. The fourth-order valence-corrected chi connectivity index (χ4v) is 3.77. The molecule has 0 radical (unpaired) electrons. The topological polar surface area (TPSA) is 29.3 Å². The highest BCUT2D eigenvalue weighted by Gasteiger charge is 2.25. The Hall–Kier alpha value is -0.680. The first-order chi connectivity index (χ1) is 9.63. The van der Waals surface area contributed by atoms with Gasteiger partial charge in [0.1, 0.15) is 0 Å². The maximum atomic E-state index is 6.39. The zero-order valence-electron chi connectivity index (χ0n) is 11.9. The number of likely N-dealkylation sites (N-methyl/N-ethyl adjacent to an activating group) is 1. The molecule has 0 aliphatic rings.